The molecule has 3 heterocycles. The van der Waals surface area contributed by atoms with Crippen LogP contribution in [0.15, 0.2) is 97.6 Å². The van der Waals surface area contributed by atoms with Gasteiger partial charge >= 0.3 is 0 Å². The number of aromatic nitrogens is 4. The van der Waals surface area contributed by atoms with Crippen LogP contribution in [0.2, 0.25) is 0 Å². The smallest absolute Gasteiger partial charge is 0.234 e. The molecule has 1 aliphatic rings. The van der Waals surface area contributed by atoms with Gasteiger partial charge in [0, 0.05) is 23.7 Å². The predicted molar refractivity (Wildman–Crippen MR) is 173 cm³/mol. The summed E-state index contributed by atoms with van der Waals surface area (Å²) >= 11 is 0. The Hall–Kier alpha value is -4.78. The molecule has 2 aromatic carbocycles. The quantitative estimate of drug-likeness (QED) is 0.171. The third-order valence-electron chi connectivity index (χ3n) is 8.40. The maximum absolute atomic E-state index is 14.5. The Balaban J connectivity index is 1.28. The van der Waals surface area contributed by atoms with Gasteiger partial charge in [-0.15, -0.1) is 0 Å². The van der Waals surface area contributed by atoms with Gasteiger partial charge < -0.3 is 9.64 Å². The molecular weight excluding hydrogens is 546 g/mol. The monoisotopic (exact) mass is 585 g/mol. The second-order valence-electron chi connectivity index (χ2n) is 11.9. The van der Waals surface area contributed by atoms with E-state index in [9.17, 15) is 4.79 Å². The molecule has 224 valence electrons. The number of hydrogen-bond acceptors (Lipinski definition) is 5. The fraction of sp³-hybridized carbons (Fsp3) is 0.297. The average Bonchev–Trinajstić information content (AvgIpc) is 3.50. The molecule has 0 saturated heterocycles. The number of pyridine rings is 2. The first-order valence-electron chi connectivity index (χ1n) is 15.4. The minimum atomic E-state index is -0.269. The Kier molecular flexibility index (Phi) is 8.82. The molecule has 7 heteroatoms. The zero-order chi connectivity index (χ0) is 30.5. The zero-order valence-electron chi connectivity index (χ0n) is 25.7. The maximum atomic E-state index is 14.5. The summed E-state index contributed by atoms with van der Waals surface area (Å²) in [5, 5.41) is 4.61. The van der Waals surface area contributed by atoms with Gasteiger partial charge in [0.25, 0.3) is 0 Å². The summed E-state index contributed by atoms with van der Waals surface area (Å²) in [4.78, 5) is 25.6. The van der Waals surface area contributed by atoms with Crippen molar-refractivity contribution in [2.24, 2.45) is 0 Å². The van der Waals surface area contributed by atoms with Crippen molar-refractivity contribution in [1.82, 2.24) is 19.7 Å². The van der Waals surface area contributed by atoms with E-state index in [1.54, 1.807) is 6.20 Å². The molecular formula is C37H39N5O2. The third kappa shape index (κ3) is 6.57. The number of anilines is 1. The van der Waals surface area contributed by atoms with Gasteiger partial charge in [-0.25, -0.2) is 0 Å². The molecule has 0 spiro atoms. The summed E-state index contributed by atoms with van der Waals surface area (Å²) in [5.41, 5.74) is 8.17. The van der Waals surface area contributed by atoms with Crippen LogP contribution in [0.5, 0.6) is 5.75 Å². The van der Waals surface area contributed by atoms with Gasteiger partial charge in [-0.1, -0.05) is 62.4 Å². The van der Waals surface area contributed by atoms with Gasteiger partial charge in [0.2, 0.25) is 5.91 Å². The van der Waals surface area contributed by atoms with Crippen LogP contribution in [0.4, 0.5) is 5.69 Å². The van der Waals surface area contributed by atoms with Crippen molar-refractivity contribution in [3.8, 4) is 5.75 Å². The van der Waals surface area contributed by atoms with Crippen molar-refractivity contribution in [3.63, 3.8) is 0 Å². The van der Waals surface area contributed by atoms with Gasteiger partial charge in [-0.3, -0.25) is 19.4 Å². The van der Waals surface area contributed by atoms with Crippen LogP contribution in [0.25, 0.3) is 0 Å². The van der Waals surface area contributed by atoms with Crippen molar-refractivity contribution in [3.05, 3.63) is 137 Å². The molecule has 0 bridgehead atoms. The molecule has 0 fully saturated rings. The number of hydrogen-bond donors (Lipinski definition) is 0. The van der Waals surface area contributed by atoms with Crippen LogP contribution >= 0.6 is 0 Å². The van der Waals surface area contributed by atoms with Gasteiger partial charge in [-0.05, 0) is 78.6 Å². The molecule has 7 nitrogen and oxygen atoms in total. The van der Waals surface area contributed by atoms with E-state index in [2.05, 4.69) is 55.1 Å². The van der Waals surface area contributed by atoms with Crippen LogP contribution in [-0.2, 0) is 30.9 Å². The van der Waals surface area contributed by atoms with Crippen LogP contribution in [0, 0.1) is 6.92 Å². The van der Waals surface area contributed by atoms with Crippen molar-refractivity contribution < 1.29 is 9.53 Å². The number of nitrogens with zero attached hydrogens (tertiary/aromatic N) is 5. The second-order valence-corrected chi connectivity index (χ2v) is 11.9. The van der Waals surface area contributed by atoms with E-state index in [1.165, 1.54) is 0 Å². The fourth-order valence-electron chi connectivity index (χ4n) is 5.92. The lowest BCUT2D eigenvalue weighted by Crippen LogP contribution is -2.36. The van der Waals surface area contributed by atoms with Crippen LogP contribution < -0.4 is 9.64 Å². The van der Waals surface area contributed by atoms with Crippen LogP contribution in [-0.4, -0.2) is 25.7 Å². The first-order valence-corrected chi connectivity index (χ1v) is 15.4. The molecule has 3 aromatic heterocycles. The molecule has 5 aromatic rings. The summed E-state index contributed by atoms with van der Waals surface area (Å²) in [6, 6.07) is 24.4. The van der Waals surface area contributed by atoms with Crippen molar-refractivity contribution in [1.29, 1.82) is 0 Å². The highest BCUT2D eigenvalue weighted by molar-refractivity contribution is 5.98. The number of carbonyl (C=O) groups excluding carboxylic acids is 1. The number of fused-ring (bicyclic) bond motifs is 1. The minimum Gasteiger partial charge on any atom is -0.489 e. The summed E-state index contributed by atoms with van der Waals surface area (Å²) in [6.07, 6.45) is 10.1. The Labute approximate surface area is 259 Å². The molecule has 1 aliphatic carbocycles. The van der Waals surface area contributed by atoms with E-state index in [0.717, 1.165) is 69.9 Å². The molecule has 1 atom stereocenters. The molecule has 1 unspecified atom stereocenters. The highest BCUT2D eigenvalue weighted by Gasteiger charge is 2.32. The topological polar surface area (TPSA) is 73.1 Å². The number of aryl methyl sites for hydroxylation is 1. The van der Waals surface area contributed by atoms with Crippen LogP contribution in [0.3, 0.4) is 0 Å². The lowest BCUT2D eigenvalue weighted by atomic mass is 9.81. The highest BCUT2D eigenvalue weighted by Crippen LogP contribution is 2.39. The first-order chi connectivity index (χ1) is 21.5. The van der Waals surface area contributed by atoms with E-state index < -0.39 is 0 Å². The van der Waals surface area contributed by atoms with E-state index in [4.69, 9.17) is 9.72 Å². The Bertz CT molecular complexity index is 1710. The van der Waals surface area contributed by atoms with E-state index >= 15 is 0 Å². The summed E-state index contributed by atoms with van der Waals surface area (Å²) < 4.78 is 8.19. The van der Waals surface area contributed by atoms with Crippen molar-refractivity contribution >= 4 is 11.6 Å². The normalized spacial score (nSPS) is 14.3. The molecule has 0 radical (unpaired) electrons. The molecule has 1 amide bonds. The lowest BCUT2D eigenvalue weighted by Gasteiger charge is -2.31. The summed E-state index contributed by atoms with van der Waals surface area (Å²) in [6.45, 7) is 7.78. The molecule has 0 saturated carbocycles. The maximum Gasteiger partial charge on any atom is 0.234 e. The molecule has 6 rings (SSSR count). The molecule has 0 N–H and O–H groups in total. The van der Waals surface area contributed by atoms with Crippen molar-refractivity contribution in [2.75, 3.05) is 4.90 Å². The number of carbonyl (C=O) groups is 1. The number of rotatable bonds is 10. The zero-order valence-corrected chi connectivity index (χ0v) is 25.7. The van der Waals surface area contributed by atoms with Gasteiger partial charge in [0.05, 0.1) is 42.8 Å². The fourth-order valence-corrected chi connectivity index (χ4v) is 5.92. The summed E-state index contributed by atoms with van der Waals surface area (Å²) in [7, 11) is 0. The minimum absolute atomic E-state index is 0.0681. The second kappa shape index (κ2) is 13.2. The van der Waals surface area contributed by atoms with Crippen molar-refractivity contribution in [2.45, 2.75) is 71.6 Å². The van der Waals surface area contributed by atoms with Gasteiger partial charge in [0.1, 0.15) is 12.4 Å². The van der Waals surface area contributed by atoms with E-state index in [0.29, 0.717) is 25.6 Å². The van der Waals surface area contributed by atoms with E-state index in [-0.39, 0.29) is 11.8 Å². The Morgan fingerprint density at radius 1 is 0.977 bits per heavy atom. The predicted octanol–water partition coefficient (Wildman–Crippen LogP) is 7.39. The van der Waals surface area contributed by atoms with Crippen LogP contribution in [0.1, 0.15) is 77.7 Å². The molecule has 44 heavy (non-hydrogen) atoms. The third-order valence-corrected chi connectivity index (χ3v) is 8.40. The van der Waals surface area contributed by atoms with Gasteiger partial charge in [0.15, 0.2) is 0 Å². The number of amides is 1. The highest BCUT2D eigenvalue weighted by atomic mass is 16.5. The number of benzene rings is 2. The Morgan fingerprint density at radius 3 is 2.61 bits per heavy atom. The standard InChI is InChI=1S/C37H39N5O2/c1-26(2)34-18-17-30(21-39-34)42(23-29-20-40-41(22-29)24-35-27(3)10-9-19-38-35)37(43)33-15-7-14-32-31(33)13-8-16-36(32)44-25-28-11-5-4-6-12-28/h4-6,8-13,16-22,26,33H,7,14-15,23-25H2,1-3H3. The summed E-state index contributed by atoms with van der Waals surface area (Å²) in [5.74, 6) is 0.971. The first kappa shape index (κ1) is 29.3. The number of ether oxygens (including phenoxy) is 1. The average molecular weight is 586 g/mol. The lowest BCUT2D eigenvalue weighted by molar-refractivity contribution is -0.120. The SMILES string of the molecule is Cc1cccnc1Cn1cc(CN(C(=O)C2CCCc3c(OCc4ccccc4)cccc32)c2ccc(C(C)C)nc2)cn1. The largest absolute Gasteiger partial charge is 0.489 e. The molecule has 0 aliphatic heterocycles. The van der Waals surface area contributed by atoms with Gasteiger partial charge in [-0.2, -0.15) is 5.10 Å². The Morgan fingerprint density at radius 2 is 1.84 bits per heavy atom. The van der Waals surface area contributed by atoms with E-state index in [1.807, 2.05) is 76.7 Å².